The molecule has 0 aliphatic carbocycles. The van der Waals surface area contributed by atoms with E-state index in [1.54, 1.807) is 6.20 Å². The minimum Gasteiger partial charge on any atom is -0.302 e. The smallest absolute Gasteiger partial charge is 0.226 e. The van der Waals surface area contributed by atoms with Crippen LogP contribution in [0.5, 0.6) is 0 Å². The molecule has 1 heterocycles. The van der Waals surface area contributed by atoms with Crippen LogP contribution in [0.25, 0.3) is 0 Å². The Morgan fingerprint density at radius 1 is 1.71 bits per heavy atom. The van der Waals surface area contributed by atoms with Gasteiger partial charge in [0.15, 0.2) is 5.13 Å². The molecular formula is C9H13BrN2OS. The number of carbonyl (C=O) groups is 1. The van der Waals surface area contributed by atoms with Crippen molar-refractivity contribution in [2.45, 2.75) is 26.7 Å². The molecule has 0 fully saturated rings. The Kier molecular flexibility index (Phi) is 4.54. The Labute approximate surface area is 96.1 Å². The van der Waals surface area contributed by atoms with Crippen LogP contribution in [0.15, 0.2) is 9.98 Å². The second kappa shape index (κ2) is 5.46. The summed E-state index contributed by atoms with van der Waals surface area (Å²) in [6.45, 7) is 4.21. The van der Waals surface area contributed by atoms with E-state index in [0.29, 0.717) is 17.5 Å². The molecule has 0 spiro atoms. The molecule has 3 nitrogen and oxygen atoms in total. The fourth-order valence-corrected chi connectivity index (χ4v) is 2.04. The Balaban J connectivity index is 2.34. The predicted octanol–water partition coefficient (Wildman–Crippen LogP) is 3.28. The molecule has 0 aromatic carbocycles. The molecule has 0 saturated carbocycles. The maximum atomic E-state index is 11.4. The Morgan fingerprint density at radius 2 is 2.43 bits per heavy atom. The van der Waals surface area contributed by atoms with Crippen LogP contribution in [-0.2, 0) is 4.79 Å². The number of aromatic nitrogens is 1. The molecule has 0 unspecified atom stereocenters. The van der Waals surface area contributed by atoms with E-state index in [-0.39, 0.29) is 5.91 Å². The average Bonchev–Trinajstić information content (AvgIpc) is 2.48. The van der Waals surface area contributed by atoms with Gasteiger partial charge in [0.1, 0.15) is 0 Å². The van der Waals surface area contributed by atoms with Gasteiger partial charge in [-0.1, -0.05) is 25.2 Å². The van der Waals surface area contributed by atoms with Crippen molar-refractivity contribution in [2.24, 2.45) is 5.92 Å². The Morgan fingerprint density at radius 3 is 2.93 bits per heavy atom. The summed E-state index contributed by atoms with van der Waals surface area (Å²) in [5.41, 5.74) is 0. The molecule has 0 aliphatic heterocycles. The third-order valence-corrected chi connectivity index (χ3v) is 3.06. The first kappa shape index (κ1) is 11.7. The van der Waals surface area contributed by atoms with Crippen LogP contribution in [0.2, 0.25) is 0 Å². The number of anilines is 1. The number of halogens is 1. The standard InChI is InChI=1S/C9H13BrN2OS/c1-6(2)3-4-8(13)12-9-11-5-7(10)14-9/h5-6H,3-4H2,1-2H3,(H,11,12,13). The number of amides is 1. The fraction of sp³-hybridized carbons (Fsp3) is 0.556. The van der Waals surface area contributed by atoms with Crippen molar-refractivity contribution >= 4 is 38.3 Å². The lowest BCUT2D eigenvalue weighted by Crippen LogP contribution is -2.11. The summed E-state index contributed by atoms with van der Waals surface area (Å²) in [7, 11) is 0. The number of nitrogens with zero attached hydrogens (tertiary/aromatic N) is 1. The van der Waals surface area contributed by atoms with Gasteiger partial charge in [-0.15, -0.1) is 0 Å². The van der Waals surface area contributed by atoms with Crippen molar-refractivity contribution < 1.29 is 4.79 Å². The highest BCUT2D eigenvalue weighted by atomic mass is 79.9. The molecule has 14 heavy (non-hydrogen) atoms. The second-order valence-corrected chi connectivity index (χ2v) is 5.86. The van der Waals surface area contributed by atoms with Crippen molar-refractivity contribution in [3.05, 3.63) is 9.98 Å². The molecular weight excluding hydrogens is 264 g/mol. The fourth-order valence-electron chi connectivity index (χ4n) is 0.914. The lowest BCUT2D eigenvalue weighted by Gasteiger charge is -2.03. The summed E-state index contributed by atoms with van der Waals surface area (Å²) in [6, 6.07) is 0. The van der Waals surface area contributed by atoms with Gasteiger partial charge in [0, 0.05) is 6.42 Å². The summed E-state index contributed by atoms with van der Waals surface area (Å²) in [5, 5.41) is 3.41. The largest absolute Gasteiger partial charge is 0.302 e. The Hall–Kier alpha value is -0.420. The molecule has 0 radical (unpaired) electrons. The van der Waals surface area contributed by atoms with E-state index in [0.717, 1.165) is 10.2 Å². The van der Waals surface area contributed by atoms with E-state index in [4.69, 9.17) is 0 Å². The van der Waals surface area contributed by atoms with Crippen molar-refractivity contribution in [3.8, 4) is 0 Å². The SMILES string of the molecule is CC(C)CCC(=O)Nc1ncc(Br)s1. The predicted molar refractivity (Wildman–Crippen MR) is 62.5 cm³/mol. The second-order valence-electron chi connectivity index (χ2n) is 3.45. The number of hydrogen-bond donors (Lipinski definition) is 1. The zero-order valence-electron chi connectivity index (χ0n) is 8.21. The molecule has 0 aliphatic rings. The number of rotatable bonds is 4. The van der Waals surface area contributed by atoms with Gasteiger partial charge < -0.3 is 5.32 Å². The van der Waals surface area contributed by atoms with E-state index in [1.807, 2.05) is 0 Å². The summed E-state index contributed by atoms with van der Waals surface area (Å²) >= 11 is 4.71. The van der Waals surface area contributed by atoms with E-state index >= 15 is 0 Å². The summed E-state index contributed by atoms with van der Waals surface area (Å²) in [6.07, 6.45) is 3.16. The lowest BCUT2D eigenvalue weighted by molar-refractivity contribution is -0.116. The molecule has 1 N–H and O–H groups in total. The summed E-state index contributed by atoms with van der Waals surface area (Å²) in [5.74, 6) is 0.601. The van der Waals surface area contributed by atoms with Crippen LogP contribution < -0.4 is 5.32 Å². The zero-order valence-corrected chi connectivity index (χ0v) is 10.6. The molecule has 1 rings (SSSR count). The quantitative estimate of drug-likeness (QED) is 0.917. The van der Waals surface area contributed by atoms with Gasteiger partial charge >= 0.3 is 0 Å². The van der Waals surface area contributed by atoms with E-state index < -0.39 is 0 Å². The number of hydrogen-bond acceptors (Lipinski definition) is 3. The van der Waals surface area contributed by atoms with Gasteiger partial charge in [0.2, 0.25) is 5.91 Å². The third-order valence-electron chi connectivity index (χ3n) is 1.67. The summed E-state index contributed by atoms with van der Waals surface area (Å²) < 4.78 is 0.927. The van der Waals surface area contributed by atoms with Crippen LogP contribution >= 0.6 is 27.3 Å². The first-order chi connectivity index (χ1) is 6.58. The normalized spacial score (nSPS) is 10.6. The summed E-state index contributed by atoms with van der Waals surface area (Å²) in [4.78, 5) is 15.4. The maximum Gasteiger partial charge on any atom is 0.226 e. The molecule has 1 aromatic rings. The van der Waals surface area contributed by atoms with Crippen LogP contribution in [0.4, 0.5) is 5.13 Å². The zero-order chi connectivity index (χ0) is 10.6. The van der Waals surface area contributed by atoms with Crippen molar-refractivity contribution in [2.75, 3.05) is 5.32 Å². The van der Waals surface area contributed by atoms with Crippen molar-refractivity contribution in [1.82, 2.24) is 4.98 Å². The van der Waals surface area contributed by atoms with Gasteiger partial charge in [-0.3, -0.25) is 4.79 Å². The third kappa shape index (κ3) is 4.19. The van der Waals surface area contributed by atoms with E-state index in [2.05, 4.69) is 40.1 Å². The lowest BCUT2D eigenvalue weighted by atomic mass is 10.1. The van der Waals surface area contributed by atoms with Gasteiger partial charge in [-0.2, -0.15) is 0 Å². The van der Waals surface area contributed by atoms with E-state index in [9.17, 15) is 4.79 Å². The van der Waals surface area contributed by atoms with Gasteiger partial charge in [-0.05, 0) is 28.3 Å². The Bertz CT molecular complexity index is 312. The number of carbonyl (C=O) groups excluding carboxylic acids is 1. The van der Waals surface area contributed by atoms with Gasteiger partial charge in [-0.25, -0.2) is 4.98 Å². The molecule has 1 amide bonds. The number of thiazole rings is 1. The maximum absolute atomic E-state index is 11.4. The monoisotopic (exact) mass is 276 g/mol. The van der Waals surface area contributed by atoms with Crippen molar-refractivity contribution in [1.29, 1.82) is 0 Å². The van der Waals surface area contributed by atoms with E-state index in [1.165, 1.54) is 11.3 Å². The minimum absolute atomic E-state index is 0.0422. The highest BCUT2D eigenvalue weighted by Crippen LogP contribution is 2.23. The highest BCUT2D eigenvalue weighted by Gasteiger charge is 2.06. The molecule has 1 aromatic heterocycles. The van der Waals surface area contributed by atoms with Gasteiger partial charge in [0.05, 0.1) is 9.98 Å². The molecule has 0 saturated heterocycles. The molecule has 5 heteroatoms. The van der Waals surface area contributed by atoms with Crippen LogP contribution in [0.1, 0.15) is 26.7 Å². The van der Waals surface area contributed by atoms with Crippen molar-refractivity contribution in [3.63, 3.8) is 0 Å². The molecule has 78 valence electrons. The first-order valence-corrected chi connectivity index (χ1v) is 6.10. The van der Waals surface area contributed by atoms with Crippen LogP contribution in [-0.4, -0.2) is 10.9 Å². The topological polar surface area (TPSA) is 42.0 Å². The average molecular weight is 277 g/mol. The minimum atomic E-state index is 0.0422. The molecule has 0 bridgehead atoms. The molecule has 0 atom stereocenters. The van der Waals surface area contributed by atoms with Gasteiger partial charge in [0.25, 0.3) is 0 Å². The first-order valence-electron chi connectivity index (χ1n) is 4.49. The van der Waals surface area contributed by atoms with Crippen LogP contribution in [0.3, 0.4) is 0 Å². The number of nitrogens with one attached hydrogen (secondary N) is 1. The highest BCUT2D eigenvalue weighted by molar-refractivity contribution is 9.11. The van der Waals surface area contributed by atoms with Crippen LogP contribution in [0, 0.1) is 5.92 Å².